The van der Waals surface area contributed by atoms with E-state index in [0.29, 0.717) is 5.56 Å². The number of nitrogens with one attached hydrogen (secondary N) is 1. The Bertz CT molecular complexity index is 1190. The predicted molar refractivity (Wildman–Crippen MR) is 111 cm³/mol. The number of benzene rings is 3. The molecule has 1 aromatic heterocycles. The number of hydrogen-bond donors (Lipinski definition) is 1. The third kappa shape index (κ3) is 3.47. The average molecular weight is 348 g/mol. The summed E-state index contributed by atoms with van der Waals surface area (Å²) in [6.45, 7) is 2.76. The fourth-order valence-electron chi connectivity index (χ4n) is 3.23. The van der Waals surface area contributed by atoms with Crippen LogP contribution in [0.15, 0.2) is 54.9 Å². The van der Waals surface area contributed by atoms with Gasteiger partial charge in [0.15, 0.2) is 0 Å². The lowest BCUT2D eigenvalue weighted by Crippen LogP contribution is -2.08. The molecule has 3 aromatic carbocycles. The van der Waals surface area contributed by atoms with Crippen molar-refractivity contribution in [2.24, 2.45) is 0 Å². The van der Waals surface area contributed by atoms with Crippen molar-refractivity contribution < 1.29 is 0 Å². The van der Waals surface area contributed by atoms with Gasteiger partial charge >= 0.3 is 0 Å². The number of aromatic nitrogens is 2. The molecule has 27 heavy (non-hydrogen) atoms. The first-order chi connectivity index (χ1) is 13.1. The molecule has 0 saturated carbocycles. The highest BCUT2D eigenvalue weighted by Gasteiger charge is 2.05. The molecule has 4 nitrogen and oxygen atoms in total. The van der Waals surface area contributed by atoms with Gasteiger partial charge in [0.25, 0.3) is 0 Å². The van der Waals surface area contributed by atoms with Crippen LogP contribution in [-0.4, -0.2) is 24.4 Å². The number of aryl methyl sites for hydroxylation is 1. The predicted octanol–water partition coefficient (Wildman–Crippen LogP) is 3.41. The quantitative estimate of drug-likeness (QED) is 0.574. The minimum atomic E-state index is 0.601. The monoisotopic (exact) mass is 348 g/mol. The number of rotatable bonds is 4. The SMILES string of the molecule is [B]c1cc2ccc(CCNc3ncnc4ccc(C#N)cc34)cc2cc1C. The summed E-state index contributed by atoms with van der Waals surface area (Å²) in [6, 6.07) is 18.2. The van der Waals surface area contributed by atoms with Crippen molar-refractivity contribution in [1.82, 2.24) is 9.97 Å². The molecule has 0 aliphatic rings. The lowest BCUT2D eigenvalue weighted by Gasteiger charge is -2.10. The van der Waals surface area contributed by atoms with Gasteiger partial charge in [0.1, 0.15) is 20.0 Å². The molecule has 128 valence electrons. The second-order valence-corrected chi connectivity index (χ2v) is 6.63. The van der Waals surface area contributed by atoms with Crippen molar-refractivity contribution in [2.75, 3.05) is 11.9 Å². The maximum Gasteiger partial charge on any atom is 0.137 e. The van der Waals surface area contributed by atoms with Gasteiger partial charge in [-0.05, 0) is 47.9 Å². The Balaban J connectivity index is 1.53. The van der Waals surface area contributed by atoms with Crippen LogP contribution < -0.4 is 10.8 Å². The third-order valence-corrected chi connectivity index (χ3v) is 4.76. The molecule has 4 aromatic rings. The van der Waals surface area contributed by atoms with Gasteiger partial charge in [-0.3, -0.25) is 0 Å². The molecule has 0 aliphatic carbocycles. The van der Waals surface area contributed by atoms with Crippen LogP contribution in [-0.2, 0) is 6.42 Å². The standard InChI is InChI=1S/C22H17BN4/c1-14-8-18-9-15(2-4-17(18)11-20(14)23)6-7-25-22-19-10-16(12-24)3-5-21(19)26-13-27-22/h2-5,8-11,13H,6-7H2,1H3,(H,25,26,27). The molecule has 0 bridgehead atoms. The van der Waals surface area contributed by atoms with Crippen molar-refractivity contribution in [3.63, 3.8) is 0 Å². The van der Waals surface area contributed by atoms with Crippen molar-refractivity contribution in [3.8, 4) is 6.07 Å². The van der Waals surface area contributed by atoms with Crippen LogP contribution in [0.2, 0.25) is 0 Å². The van der Waals surface area contributed by atoms with Gasteiger partial charge in [0.2, 0.25) is 0 Å². The number of nitrogens with zero attached hydrogens (tertiary/aromatic N) is 3. The van der Waals surface area contributed by atoms with Crippen molar-refractivity contribution >= 4 is 40.8 Å². The van der Waals surface area contributed by atoms with E-state index in [1.165, 1.54) is 10.9 Å². The molecule has 0 fully saturated rings. The molecular formula is C22H17BN4. The Labute approximate surface area is 159 Å². The fourth-order valence-corrected chi connectivity index (χ4v) is 3.23. The zero-order valence-corrected chi connectivity index (χ0v) is 15.0. The Morgan fingerprint density at radius 2 is 1.93 bits per heavy atom. The Morgan fingerprint density at radius 3 is 2.78 bits per heavy atom. The zero-order valence-electron chi connectivity index (χ0n) is 15.0. The zero-order chi connectivity index (χ0) is 18.8. The maximum atomic E-state index is 9.12. The van der Waals surface area contributed by atoms with E-state index in [9.17, 15) is 0 Å². The van der Waals surface area contributed by atoms with E-state index < -0.39 is 0 Å². The van der Waals surface area contributed by atoms with Crippen molar-refractivity contribution in [2.45, 2.75) is 13.3 Å². The summed E-state index contributed by atoms with van der Waals surface area (Å²) in [4.78, 5) is 8.60. The lowest BCUT2D eigenvalue weighted by molar-refractivity contribution is 1.01. The summed E-state index contributed by atoms with van der Waals surface area (Å²) >= 11 is 0. The molecule has 0 unspecified atom stereocenters. The first kappa shape index (κ1) is 17.1. The minimum absolute atomic E-state index is 0.601. The molecule has 1 heterocycles. The molecule has 4 rings (SSSR count). The van der Waals surface area contributed by atoms with Gasteiger partial charge in [-0.1, -0.05) is 41.4 Å². The van der Waals surface area contributed by atoms with E-state index in [0.717, 1.165) is 46.1 Å². The van der Waals surface area contributed by atoms with Gasteiger partial charge in [-0.2, -0.15) is 5.26 Å². The molecular weight excluding hydrogens is 331 g/mol. The van der Waals surface area contributed by atoms with Crippen molar-refractivity contribution in [1.29, 1.82) is 5.26 Å². The molecule has 0 atom stereocenters. The van der Waals surface area contributed by atoms with Crippen LogP contribution in [0.5, 0.6) is 0 Å². The van der Waals surface area contributed by atoms with E-state index >= 15 is 0 Å². The maximum absolute atomic E-state index is 9.12. The van der Waals surface area contributed by atoms with Gasteiger partial charge in [-0.25, -0.2) is 9.97 Å². The molecule has 0 spiro atoms. The van der Waals surface area contributed by atoms with E-state index in [4.69, 9.17) is 13.1 Å². The second-order valence-electron chi connectivity index (χ2n) is 6.63. The summed E-state index contributed by atoms with van der Waals surface area (Å²) in [6.07, 6.45) is 2.41. The summed E-state index contributed by atoms with van der Waals surface area (Å²) in [5, 5.41) is 15.7. The van der Waals surface area contributed by atoms with Crippen LogP contribution in [0.4, 0.5) is 5.82 Å². The molecule has 0 amide bonds. The lowest BCUT2D eigenvalue weighted by atomic mass is 9.88. The molecule has 1 N–H and O–H groups in total. The Kier molecular flexibility index (Phi) is 4.47. The first-order valence-electron chi connectivity index (χ1n) is 8.81. The highest BCUT2D eigenvalue weighted by molar-refractivity contribution is 6.34. The average Bonchev–Trinajstić information content (AvgIpc) is 2.69. The Hall–Kier alpha value is -3.39. The van der Waals surface area contributed by atoms with Crippen LogP contribution in [0.3, 0.4) is 0 Å². The van der Waals surface area contributed by atoms with Crippen LogP contribution >= 0.6 is 0 Å². The van der Waals surface area contributed by atoms with Gasteiger partial charge < -0.3 is 5.32 Å². The summed E-state index contributed by atoms with van der Waals surface area (Å²) in [7, 11) is 5.99. The highest BCUT2D eigenvalue weighted by Crippen LogP contribution is 2.21. The fraction of sp³-hybridized carbons (Fsp3) is 0.136. The number of nitriles is 1. The van der Waals surface area contributed by atoms with Gasteiger partial charge in [0.05, 0.1) is 17.1 Å². The summed E-state index contributed by atoms with van der Waals surface area (Å²) in [5.41, 5.74) is 4.59. The normalized spacial score (nSPS) is 10.8. The molecule has 2 radical (unpaired) electrons. The van der Waals surface area contributed by atoms with E-state index in [1.807, 2.05) is 25.1 Å². The van der Waals surface area contributed by atoms with Gasteiger partial charge in [0, 0.05) is 11.9 Å². The minimum Gasteiger partial charge on any atom is -0.369 e. The smallest absolute Gasteiger partial charge is 0.137 e. The van der Waals surface area contributed by atoms with Gasteiger partial charge in [-0.15, -0.1) is 0 Å². The summed E-state index contributed by atoms with van der Waals surface area (Å²) < 4.78 is 0. The van der Waals surface area contributed by atoms with Crippen LogP contribution in [0.25, 0.3) is 21.7 Å². The largest absolute Gasteiger partial charge is 0.369 e. The molecule has 0 aliphatic heterocycles. The van der Waals surface area contributed by atoms with Crippen LogP contribution in [0.1, 0.15) is 16.7 Å². The third-order valence-electron chi connectivity index (χ3n) is 4.76. The van der Waals surface area contributed by atoms with E-state index in [1.54, 1.807) is 12.4 Å². The molecule has 5 heteroatoms. The van der Waals surface area contributed by atoms with E-state index in [-0.39, 0.29) is 0 Å². The van der Waals surface area contributed by atoms with E-state index in [2.05, 4.69) is 45.6 Å². The van der Waals surface area contributed by atoms with Crippen LogP contribution in [0, 0.1) is 18.3 Å². The first-order valence-corrected chi connectivity index (χ1v) is 8.81. The Morgan fingerprint density at radius 1 is 1.04 bits per heavy atom. The molecule has 0 saturated heterocycles. The topological polar surface area (TPSA) is 61.6 Å². The number of hydrogen-bond acceptors (Lipinski definition) is 4. The summed E-state index contributed by atoms with van der Waals surface area (Å²) in [5.74, 6) is 0.751. The highest BCUT2D eigenvalue weighted by atomic mass is 15.0. The number of fused-ring (bicyclic) bond motifs is 2. The number of anilines is 1. The van der Waals surface area contributed by atoms with Crippen molar-refractivity contribution in [3.05, 3.63) is 71.5 Å². The second kappa shape index (κ2) is 7.09.